The van der Waals surface area contributed by atoms with Gasteiger partial charge in [0.15, 0.2) is 0 Å². The Morgan fingerprint density at radius 2 is 1.83 bits per heavy atom. The van der Waals surface area contributed by atoms with Gasteiger partial charge < -0.3 is 15.0 Å². The van der Waals surface area contributed by atoms with E-state index in [1.807, 2.05) is 26.0 Å². The zero-order valence-electron chi connectivity index (χ0n) is 14.3. The van der Waals surface area contributed by atoms with Crippen molar-refractivity contribution < 1.29 is 14.3 Å². The van der Waals surface area contributed by atoms with Gasteiger partial charge in [-0.05, 0) is 30.0 Å². The molecule has 1 fully saturated rings. The number of ether oxygens (including phenoxy) is 1. The van der Waals surface area contributed by atoms with E-state index in [-0.39, 0.29) is 18.2 Å². The van der Waals surface area contributed by atoms with Crippen LogP contribution >= 0.6 is 11.6 Å². The maximum Gasteiger partial charge on any atom is 0.245 e. The van der Waals surface area contributed by atoms with Gasteiger partial charge in [0.1, 0.15) is 6.04 Å². The second-order valence-corrected chi connectivity index (χ2v) is 6.93. The van der Waals surface area contributed by atoms with E-state index < -0.39 is 6.04 Å². The first-order valence-corrected chi connectivity index (χ1v) is 8.74. The molecule has 1 aromatic rings. The summed E-state index contributed by atoms with van der Waals surface area (Å²) < 4.78 is 5.29. The average molecular weight is 353 g/mol. The van der Waals surface area contributed by atoms with E-state index >= 15 is 0 Å². The van der Waals surface area contributed by atoms with Crippen LogP contribution in [0.3, 0.4) is 0 Å². The highest BCUT2D eigenvalue weighted by molar-refractivity contribution is 6.30. The predicted molar refractivity (Wildman–Crippen MR) is 93.9 cm³/mol. The lowest BCUT2D eigenvalue weighted by Crippen LogP contribution is -2.52. The monoisotopic (exact) mass is 352 g/mol. The molecular weight excluding hydrogens is 328 g/mol. The lowest BCUT2D eigenvalue weighted by Gasteiger charge is -2.31. The highest BCUT2D eigenvalue weighted by Crippen LogP contribution is 2.12. The van der Waals surface area contributed by atoms with Crippen LogP contribution in [0.1, 0.15) is 25.8 Å². The third-order valence-electron chi connectivity index (χ3n) is 3.94. The summed E-state index contributed by atoms with van der Waals surface area (Å²) in [5.74, 6) is 0.150. The van der Waals surface area contributed by atoms with Gasteiger partial charge in [0, 0.05) is 18.1 Å². The predicted octanol–water partition coefficient (Wildman–Crippen LogP) is 2.27. The largest absolute Gasteiger partial charge is 0.378 e. The van der Waals surface area contributed by atoms with Crippen LogP contribution in [-0.2, 0) is 20.7 Å². The smallest absolute Gasteiger partial charge is 0.245 e. The Balaban J connectivity index is 1.97. The van der Waals surface area contributed by atoms with Gasteiger partial charge in [-0.25, -0.2) is 0 Å². The Labute approximate surface area is 148 Å². The summed E-state index contributed by atoms with van der Waals surface area (Å²) >= 11 is 5.86. The number of morpholine rings is 1. The summed E-state index contributed by atoms with van der Waals surface area (Å²) in [5.41, 5.74) is 0.874. The van der Waals surface area contributed by atoms with Crippen molar-refractivity contribution in [3.05, 3.63) is 34.9 Å². The number of hydrogen-bond donors (Lipinski definition) is 1. The highest BCUT2D eigenvalue weighted by atomic mass is 35.5. The van der Waals surface area contributed by atoms with Crippen molar-refractivity contribution in [3.8, 4) is 0 Å². The quantitative estimate of drug-likeness (QED) is 0.854. The van der Waals surface area contributed by atoms with Crippen molar-refractivity contribution >= 4 is 23.4 Å². The zero-order valence-corrected chi connectivity index (χ0v) is 15.0. The number of nitrogens with one attached hydrogen (secondary N) is 1. The number of halogens is 1. The topological polar surface area (TPSA) is 58.6 Å². The second kappa shape index (κ2) is 9.04. The van der Waals surface area contributed by atoms with Crippen molar-refractivity contribution in [1.29, 1.82) is 0 Å². The molecule has 0 saturated carbocycles. The first kappa shape index (κ1) is 18.7. The molecule has 0 spiro atoms. The Hall–Kier alpha value is -1.59. The molecule has 0 unspecified atom stereocenters. The molecule has 2 amide bonds. The first-order chi connectivity index (χ1) is 11.5. The fourth-order valence-electron chi connectivity index (χ4n) is 2.73. The molecule has 0 aliphatic carbocycles. The molecule has 24 heavy (non-hydrogen) atoms. The number of amides is 2. The fourth-order valence-corrected chi connectivity index (χ4v) is 2.86. The van der Waals surface area contributed by atoms with Crippen LogP contribution < -0.4 is 5.32 Å². The molecule has 6 heteroatoms. The third-order valence-corrected chi connectivity index (χ3v) is 4.19. The van der Waals surface area contributed by atoms with E-state index in [0.717, 1.165) is 5.56 Å². The normalized spacial score (nSPS) is 16.1. The molecule has 1 aromatic carbocycles. The fraction of sp³-hybridized carbons (Fsp3) is 0.556. The number of hydrogen-bond acceptors (Lipinski definition) is 3. The van der Waals surface area contributed by atoms with Crippen molar-refractivity contribution in [1.82, 2.24) is 10.2 Å². The van der Waals surface area contributed by atoms with Gasteiger partial charge in [0.05, 0.1) is 19.6 Å². The van der Waals surface area contributed by atoms with Gasteiger partial charge in [-0.15, -0.1) is 0 Å². The zero-order chi connectivity index (χ0) is 17.5. The van der Waals surface area contributed by atoms with Crippen LogP contribution in [0, 0.1) is 5.92 Å². The Kier molecular flexibility index (Phi) is 7.06. The van der Waals surface area contributed by atoms with Gasteiger partial charge in [-0.3, -0.25) is 9.59 Å². The van der Waals surface area contributed by atoms with Crippen molar-refractivity contribution in [3.63, 3.8) is 0 Å². The summed E-state index contributed by atoms with van der Waals surface area (Å²) in [6, 6.07) is 6.68. The van der Waals surface area contributed by atoms with Crippen molar-refractivity contribution in [2.75, 3.05) is 26.3 Å². The summed E-state index contributed by atoms with van der Waals surface area (Å²) in [7, 11) is 0. The van der Waals surface area contributed by atoms with Gasteiger partial charge in [0.25, 0.3) is 0 Å². The molecule has 1 saturated heterocycles. The molecule has 1 aliphatic rings. The second-order valence-electron chi connectivity index (χ2n) is 6.49. The Morgan fingerprint density at radius 3 is 2.42 bits per heavy atom. The molecule has 0 bridgehead atoms. The number of carbonyl (C=O) groups is 2. The summed E-state index contributed by atoms with van der Waals surface area (Å²) in [6.07, 6.45) is 0.866. The van der Waals surface area contributed by atoms with Gasteiger partial charge in [-0.1, -0.05) is 37.6 Å². The number of carbonyl (C=O) groups excluding carboxylic acids is 2. The maximum absolute atomic E-state index is 12.7. The van der Waals surface area contributed by atoms with Crippen molar-refractivity contribution in [2.24, 2.45) is 5.92 Å². The molecule has 132 valence electrons. The minimum Gasteiger partial charge on any atom is -0.378 e. The molecule has 0 aromatic heterocycles. The standard InChI is InChI=1S/C18H25ClN2O3/c1-13(2)11-16(18(23)21-7-9-24-10-8-21)20-17(22)12-14-3-5-15(19)6-4-14/h3-6,13,16H,7-12H2,1-2H3,(H,20,22)/t16-/m0/s1. The molecule has 5 nitrogen and oxygen atoms in total. The van der Waals surface area contributed by atoms with E-state index in [1.165, 1.54) is 0 Å². The van der Waals surface area contributed by atoms with Crippen LogP contribution in [0.2, 0.25) is 5.02 Å². The molecule has 1 aliphatic heterocycles. The minimum absolute atomic E-state index is 0.0172. The maximum atomic E-state index is 12.7. The molecule has 1 heterocycles. The molecule has 2 rings (SSSR count). The SMILES string of the molecule is CC(C)C[C@H](NC(=O)Cc1ccc(Cl)cc1)C(=O)N1CCOCC1. The van der Waals surface area contributed by atoms with E-state index in [1.54, 1.807) is 17.0 Å². The highest BCUT2D eigenvalue weighted by Gasteiger charge is 2.27. The molecule has 1 N–H and O–H groups in total. The van der Waals surface area contributed by atoms with E-state index in [0.29, 0.717) is 43.7 Å². The number of rotatable bonds is 6. The number of nitrogens with zero attached hydrogens (tertiary/aromatic N) is 1. The van der Waals surface area contributed by atoms with Crippen LogP contribution in [0.25, 0.3) is 0 Å². The van der Waals surface area contributed by atoms with E-state index in [4.69, 9.17) is 16.3 Å². The van der Waals surface area contributed by atoms with Gasteiger partial charge in [-0.2, -0.15) is 0 Å². The minimum atomic E-state index is -0.483. The van der Waals surface area contributed by atoms with E-state index in [2.05, 4.69) is 5.32 Å². The van der Waals surface area contributed by atoms with Gasteiger partial charge >= 0.3 is 0 Å². The van der Waals surface area contributed by atoms with Crippen LogP contribution in [0.15, 0.2) is 24.3 Å². The number of benzene rings is 1. The third kappa shape index (κ3) is 5.80. The average Bonchev–Trinajstić information content (AvgIpc) is 2.56. The molecule has 1 atom stereocenters. The lowest BCUT2D eigenvalue weighted by molar-refractivity contribution is -0.140. The van der Waals surface area contributed by atoms with Crippen LogP contribution in [0.4, 0.5) is 0 Å². The molecular formula is C18H25ClN2O3. The molecule has 0 radical (unpaired) electrons. The van der Waals surface area contributed by atoms with E-state index in [9.17, 15) is 9.59 Å². The lowest BCUT2D eigenvalue weighted by atomic mass is 10.0. The Bertz CT molecular complexity index is 554. The summed E-state index contributed by atoms with van der Waals surface area (Å²) in [6.45, 7) is 6.37. The van der Waals surface area contributed by atoms with Gasteiger partial charge in [0.2, 0.25) is 11.8 Å². The van der Waals surface area contributed by atoms with Crippen molar-refractivity contribution in [2.45, 2.75) is 32.7 Å². The first-order valence-electron chi connectivity index (χ1n) is 8.36. The summed E-state index contributed by atoms with van der Waals surface area (Å²) in [5, 5.41) is 3.54. The van der Waals surface area contributed by atoms with Crippen LogP contribution in [-0.4, -0.2) is 49.1 Å². The summed E-state index contributed by atoms with van der Waals surface area (Å²) in [4.78, 5) is 26.8. The Morgan fingerprint density at radius 1 is 1.21 bits per heavy atom. The van der Waals surface area contributed by atoms with Crippen LogP contribution in [0.5, 0.6) is 0 Å².